The third-order valence-corrected chi connectivity index (χ3v) is 6.40. The maximum absolute atomic E-state index is 6.49. The summed E-state index contributed by atoms with van der Waals surface area (Å²) in [6.07, 6.45) is 1.76. The molecule has 4 rings (SSSR count). The lowest BCUT2D eigenvalue weighted by molar-refractivity contribution is -0.249. The van der Waals surface area contributed by atoms with Crippen molar-refractivity contribution in [3.8, 4) is 0 Å². The molecule has 0 aromatic heterocycles. The van der Waals surface area contributed by atoms with Crippen molar-refractivity contribution < 1.29 is 23.7 Å². The van der Waals surface area contributed by atoms with Crippen LogP contribution in [0.2, 0.25) is 0 Å². The molecule has 4 atom stereocenters. The average Bonchev–Trinajstić information content (AvgIpc) is 2.96. The SMILES string of the molecule is C=CCCCOC1O[C@H](COCc2ccccc2)[C@@H](OCc2ccccc2)[C@H](OCc2ccccc2)C1=C. The molecule has 0 saturated carbocycles. The Morgan fingerprint density at radius 2 is 1.26 bits per heavy atom. The van der Waals surface area contributed by atoms with Crippen LogP contribution in [0.15, 0.2) is 116 Å². The topological polar surface area (TPSA) is 46.2 Å². The van der Waals surface area contributed by atoms with E-state index in [1.807, 2.05) is 97.1 Å². The first-order valence-electron chi connectivity index (χ1n) is 13.2. The lowest BCUT2D eigenvalue weighted by Crippen LogP contribution is -2.54. The Morgan fingerprint density at radius 1 is 0.711 bits per heavy atom. The van der Waals surface area contributed by atoms with Crippen LogP contribution in [0.25, 0.3) is 0 Å². The molecule has 3 aromatic carbocycles. The molecule has 1 unspecified atom stereocenters. The summed E-state index contributed by atoms with van der Waals surface area (Å²) in [5.74, 6) is 0. The quantitative estimate of drug-likeness (QED) is 0.168. The monoisotopic (exact) mass is 514 g/mol. The highest BCUT2D eigenvalue weighted by Crippen LogP contribution is 2.31. The van der Waals surface area contributed by atoms with Gasteiger partial charge in [0.25, 0.3) is 0 Å². The van der Waals surface area contributed by atoms with Gasteiger partial charge in [-0.3, -0.25) is 0 Å². The van der Waals surface area contributed by atoms with Gasteiger partial charge in [-0.25, -0.2) is 0 Å². The first-order chi connectivity index (χ1) is 18.7. The van der Waals surface area contributed by atoms with Crippen molar-refractivity contribution in [3.63, 3.8) is 0 Å². The summed E-state index contributed by atoms with van der Waals surface area (Å²) in [6.45, 7) is 10.3. The van der Waals surface area contributed by atoms with Crippen LogP contribution in [0.5, 0.6) is 0 Å². The van der Waals surface area contributed by atoms with E-state index in [2.05, 4.69) is 13.2 Å². The molecule has 1 saturated heterocycles. The van der Waals surface area contributed by atoms with Gasteiger partial charge in [-0.2, -0.15) is 0 Å². The lowest BCUT2D eigenvalue weighted by atomic mass is 9.96. The number of unbranched alkanes of at least 4 members (excludes halogenated alkanes) is 1. The predicted molar refractivity (Wildman–Crippen MR) is 149 cm³/mol. The Labute approximate surface area is 226 Å². The van der Waals surface area contributed by atoms with Gasteiger partial charge in [0.05, 0.1) is 33.0 Å². The van der Waals surface area contributed by atoms with Crippen LogP contribution in [0.3, 0.4) is 0 Å². The van der Waals surface area contributed by atoms with Gasteiger partial charge in [-0.1, -0.05) is 104 Å². The zero-order valence-electron chi connectivity index (χ0n) is 22.0. The molecule has 5 nitrogen and oxygen atoms in total. The van der Waals surface area contributed by atoms with Crippen LogP contribution in [0.1, 0.15) is 29.5 Å². The van der Waals surface area contributed by atoms with Crippen molar-refractivity contribution in [3.05, 3.63) is 132 Å². The van der Waals surface area contributed by atoms with Crippen molar-refractivity contribution in [2.24, 2.45) is 0 Å². The van der Waals surface area contributed by atoms with Crippen LogP contribution in [0.4, 0.5) is 0 Å². The Bertz CT molecular complexity index is 1090. The molecule has 38 heavy (non-hydrogen) atoms. The number of hydrogen-bond acceptors (Lipinski definition) is 5. The van der Waals surface area contributed by atoms with E-state index < -0.39 is 24.6 Å². The molecule has 1 aliphatic rings. The van der Waals surface area contributed by atoms with Crippen LogP contribution in [-0.2, 0) is 43.5 Å². The minimum Gasteiger partial charge on any atom is -0.374 e. The molecular formula is C33H38O5. The van der Waals surface area contributed by atoms with Gasteiger partial charge in [-0.15, -0.1) is 6.58 Å². The smallest absolute Gasteiger partial charge is 0.182 e. The zero-order valence-corrected chi connectivity index (χ0v) is 22.0. The average molecular weight is 515 g/mol. The number of hydrogen-bond donors (Lipinski definition) is 0. The van der Waals surface area contributed by atoms with Crippen LogP contribution in [-0.4, -0.2) is 37.8 Å². The molecule has 200 valence electrons. The minimum atomic E-state index is -0.609. The van der Waals surface area contributed by atoms with Gasteiger partial charge in [0.1, 0.15) is 18.3 Å². The predicted octanol–water partition coefficient (Wildman–Crippen LogP) is 6.64. The highest BCUT2D eigenvalue weighted by molar-refractivity contribution is 5.18. The van der Waals surface area contributed by atoms with Crippen molar-refractivity contribution in [1.82, 2.24) is 0 Å². The largest absolute Gasteiger partial charge is 0.374 e. The van der Waals surface area contributed by atoms with Crippen molar-refractivity contribution >= 4 is 0 Å². The van der Waals surface area contributed by atoms with E-state index in [9.17, 15) is 0 Å². The summed E-state index contributed by atoms with van der Waals surface area (Å²) in [6, 6.07) is 30.3. The maximum atomic E-state index is 6.49. The molecule has 1 fully saturated rings. The van der Waals surface area contributed by atoms with E-state index >= 15 is 0 Å². The third-order valence-electron chi connectivity index (χ3n) is 6.40. The Hall–Kier alpha value is -3.06. The number of rotatable bonds is 15. The van der Waals surface area contributed by atoms with E-state index in [1.165, 1.54) is 0 Å². The second kappa shape index (κ2) is 15.4. The summed E-state index contributed by atoms with van der Waals surface area (Å²) in [4.78, 5) is 0. The highest BCUT2D eigenvalue weighted by Gasteiger charge is 2.43. The molecule has 3 aromatic rings. The van der Waals surface area contributed by atoms with Gasteiger partial charge in [-0.05, 0) is 29.5 Å². The first-order valence-corrected chi connectivity index (χ1v) is 13.2. The Morgan fingerprint density at radius 3 is 1.84 bits per heavy atom. The zero-order chi connectivity index (χ0) is 26.4. The van der Waals surface area contributed by atoms with Gasteiger partial charge in [0.2, 0.25) is 0 Å². The van der Waals surface area contributed by atoms with Crippen molar-refractivity contribution in [1.29, 1.82) is 0 Å². The fourth-order valence-corrected chi connectivity index (χ4v) is 4.35. The Balaban J connectivity index is 1.51. The lowest BCUT2D eigenvalue weighted by Gasteiger charge is -2.42. The van der Waals surface area contributed by atoms with E-state index in [0.717, 1.165) is 35.1 Å². The first kappa shape index (κ1) is 28.0. The second-order valence-electron chi connectivity index (χ2n) is 9.36. The summed E-state index contributed by atoms with van der Waals surface area (Å²) >= 11 is 0. The highest BCUT2D eigenvalue weighted by atomic mass is 16.7. The van der Waals surface area contributed by atoms with E-state index in [1.54, 1.807) is 0 Å². The fourth-order valence-electron chi connectivity index (χ4n) is 4.35. The van der Waals surface area contributed by atoms with E-state index in [4.69, 9.17) is 23.7 Å². The van der Waals surface area contributed by atoms with Crippen molar-refractivity contribution in [2.75, 3.05) is 13.2 Å². The van der Waals surface area contributed by atoms with Gasteiger partial charge in [0, 0.05) is 5.57 Å². The summed E-state index contributed by atoms with van der Waals surface area (Å²) in [7, 11) is 0. The van der Waals surface area contributed by atoms with Crippen LogP contribution >= 0.6 is 0 Å². The molecule has 1 heterocycles. The number of benzene rings is 3. The molecule has 5 heteroatoms. The van der Waals surface area contributed by atoms with Crippen LogP contribution < -0.4 is 0 Å². The molecule has 0 amide bonds. The maximum Gasteiger partial charge on any atom is 0.182 e. The van der Waals surface area contributed by atoms with Gasteiger partial charge < -0.3 is 23.7 Å². The van der Waals surface area contributed by atoms with Crippen molar-refractivity contribution in [2.45, 2.75) is 57.3 Å². The molecule has 0 bridgehead atoms. The van der Waals surface area contributed by atoms with E-state index in [0.29, 0.717) is 33.0 Å². The van der Waals surface area contributed by atoms with E-state index in [-0.39, 0.29) is 0 Å². The third kappa shape index (κ3) is 8.48. The molecule has 0 spiro atoms. The van der Waals surface area contributed by atoms with Gasteiger partial charge in [0.15, 0.2) is 6.29 Å². The molecule has 0 aliphatic carbocycles. The standard InChI is InChI=1S/C33H38O5/c1-3-4-14-21-35-33-26(2)31(36-23-28-17-10-6-11-18-28)32(37-24-29-19-12-7-13-20-29)30(38-33)25-34-22-27-15-8-5-9-16-27/h3,5-13,15-20,30-33H,1-2,4,14,21-25H2/t30-,31-,32-,33?/m1/s1. The Kier molecular flexibility index (Phi) is 11.3. The second-order valence-corrected chi connectivity index (χ2v) is 9.36. The molecular weight excluding hydrogens is 476 g/mol. The summed E-state index contributed by atoms with van der Waals surface area (Å²) in [5, 5.41) is 0. The van der Waals surface area contributed by atoms with Gasteiger partial charge >= 0.3 is 0 Å². The molecule has 1 aliphatic heterocycles. The summed E-state index contributed by atoms with van der Waals surface area (Å²) in [5.41, 5.74) is 3.97. The number of allylic oxidation sites excluding steroid dienone is 1. The fraction of sp³-hybridized carbons (Fsp3) is 0.333. The summed E-state index contributed by atoms with van der Waals surface area (Å²) < 4.78 is 31.6. The van der Waals surface area contributed by atoms with Crippen LogP contribution in [0, 0.1) is 0 Å². The normalized spacial score (nSPS) is 21.3. The minimum absolute atomic E-state index is 0.333. The molecule has 0 radical (unpaired) electrons. The molecule has 0 N–H and O–H groups in total. The number of ether oxygens (including phenoxy) is 5.